The molecular weight excluding hydrogens is 372 g/mol. The van der Waals surface area contributed by atoms with E-state index in [9.17, 15) is 18.4 Å². The maximum Gasteiger partial charge on any atom is 0.387 e. The molecule has 1 aliphatic rings. The van der Waals surface area contributed by atoms with Gasteiger partial charge in [-0.2, -0.15) is 8.78 Å². The molecule has 1 saturated heterocycles. The molecular formula is C18H19F2N5O3. The number of carbonyl (C=O) groups excluding carboxylic acids is 2. The number of hydrogen-bond donors (Lipinski definition) is 1. The molecule has 8 nitrogen and oxygen atoms in total. The lowest BCUT2D eigenvalue weighted by atomic mass is 10.2. The lowest BCUT2D eigenvalue weighted by Gasteiger charge is -2.34. The molecule has 1 aromatic heterocycles. The zero-order valence-corrected chi connectivity index (χ0v) is 14.9. The van der Waals surface area contributed by atoms with Crippen LogP contribution in [-0.2, 0) is 4.79 Å². The smallest absolute Gasteiger partial charge is 0.387 e. The van der Waals surface area contributed by atoms with Gasteiger partial charge in [0.15, 0.2) is 0 Å². The number of hydrogen-bond acceptors (Lipinski definition) is 6. The summed E-state index contributed by atoms with van der Waals surface area (Å²) < 4.78 is 28.8. The fourth-order valence-corrected chi connectivity index (χ4v) is 2.79. The van der Waals surface area contributed by atoms with Crippen molar-refractivity contribution in [1.82, 2.24) is 20.2 Å². The van der Waals surface area contributed by atoms with Crippen molar-refractivity contribution in [2.75, 3.05) is 37.6 Å². The third-order valence-electron chi connectivity index (χ3n) is 4.19. The molecule has 3 rings (SSSR count). The average Bonchev–Trinajstić information content (AvgIpc) is 2.72. The topological polar surface area (TPSA) is 87.7 Å². The average molecular weight is 391 g/mol. The van der Waals surface area contributed by atoms with Crippen molar-refractivity contribution in [3.63, 3.8) is 0 Å². The highest BCUT2D eigenvalue weighted by Gasteiger charge is 2.22. The molecule has 1 aliphatic heterocycles. The molecule has 0 unspecified atom stereocenters. The van der Waals surface area contributed by atoms with E-state index in [1.165, 1.54) is 24.3 Å². The first-order valence-corrected chi connectivity index (χ1v) is 8.66. The van der Waals surface area contributed by atoms with Gasteiger partial charge < -0.3 is 19.9 Å². The first-order chi connectivity index (χ1) is 13.5. The van der Waals surface area contributed by atoms with Crippen LogP contribution >= 0.6 is 0 Å². The van der Waals surface area contributed by atoms with E-state index in [0.29, 0.717) is 32.1 Å². The van der Waals surface area contributed by atoms with Crippen molar-refractivity contribution < 1.29 is 23.1 Å². The van der Waals surface area contributed by atoms with E-state index in [1.807, 2.05) is 4.90 Å². The number of rotatable bonds is 6. The summed E-state index contributed by atoms with van der Waals surface area (Å²) in [4.78, 5) is 36.5. The van der Waals surface area contributed by atoms with Crippen LogP contribution in [-0.4, -0.2) is 66.0 Å². The normalized spacial score (nSPS) is 14.1. The Labute approximate surface area is 160 Å². The SMILES string of the molecule is O=C(NCC(=O)N1CCN(c2ncccn2)CC1)c1cccc(OC(F)F)c1. The van der Waals surface area contributed by atoms with Crippen molar-refractivity contribution in [2.45, 2.75) is 6.61 Å². The van der Waals surface area contributed by atoms with Gasteiger partial charge in [-0.25, -0.2) is 9.97 Å². The molecule has 2 aromatic rings. The fourth-order valence-electron chi connectivity index (χ4n) is 2.79. The Kier molecular flexibility index (Phi) is 6.30. The van der Waals surface area contributed by atoms with Gasteiger partial charge in [0.25, 0.3) is 5.91 Å². The Morgan fingerprint density at radius 2 is 1.82 bits per heavy atom. The number of nitrogens with zero attached hydrogens (tertiary/aromatic N) is 4. The number of amides is 2. The van der Waals surface area contributed by atoms with Crippen LogP contribution in [0.3, 0.4) is 0 Å². The van der Waals surface area contributed by atoms with Crippen LogP contribution in [0.5, 0.6) is 5.75 Å². The second-order valence-electron chi connectivity index (χ2n) is 6.01. The van der Waals surface area contributed by atoms with Crippen LogP contribution in [0, 0.1) is 0 Å². The highest BCUT2D eigenvalue weighted by Crippen LogP contribution is 2.16. The van der Waals surface area contributed by atoms with Crippen molar-refractivity contribution in [2.24, 2.45) is 0 Å². The first-order valence-electron chi connectivity index (χ1n) is 8.66. The summed E-state index contributed by atoms with van der Waals surface area (Å²) in [6.45, 7) is -0.983. The maximum atomic E-state index is 12.3. The van der Waals surface area contributed by atoms with Crippen LogP contribution in [0.2, 0.25) is 0 Å². The number of halogens is 2. The first kappa shape index (κ1) is 19.5. The highest BCUT2D eigenvalue weighted by molar-refractivity contribution is 5.96. The molecule has 28 heavy (non-hydrogen) atoms. The molecule has 0 atom stereocenters. The molecule has 0 saturated carbocycles. The molecule has 0 bridgehead atoms. The molecule has 0 radical (unpaired) electrons. The van der Waals surface area contributed by atoms with Crippen molar-refractivity contribution in [1.29, 1.82) is 0 Å². The molecule has 148 valence electrons. The number of ether oxygens (including phenoxy) is 1. The van der Waals surface area contributed by atoms with Gasteiger partial charge in [0.2, 0.25) is 11.9 Å². The van der Waals surface area contributed by atoms with Crippen LogP contribution in [0.25, 0.3) is 0 Å². The molecule has 2 heterocycles. The van der Waals surface area contributed by atoms with Gasteiger partial charge in [-0.3, -0.25) is 9.59 Å². The summed E-state index contributed by atoms with van der Waals surface area (Å²) in [7, 11) is 0. The second-order valence-corrected chi connectivity index (χ2v) is 6.01. The summed E-state index contributed by atoms with van der Waals surface area (Å²) >= 11 is 0. The van der Waals surface area contributed by atoms with Crippen molar-refractivity contribution >= 4 is 17.8 Å². The van der Waals surface area contributed by atoms with Crippen molar-refractivity contribution in [3.05, 3.63) is 48.3 Å². The Balaban J connectivity index is 1.47. The molecule has 10 heteroatoms. The van der Waals surface area contributed by atoms with Gasteiger partial charge in [-0.15, -0.1) is 0 Å². The Morgan fingerprint density at radius 1 is 1.11 bits per heavy atom. The maximum absolute atomic E-state index is 12.3. The Morgan fingerprint density at radius 3 is 2.50 bits per heavy atom. The number of piperazine rings is 1. The number of aromatic nitrogens is 2. The van der Waals surface area contributed by atoms with E-state index in [-0.39, 0.29) is 23.8 Å². The van der Waals surface area contributed by atoms with Crippen LogP contribution in [0.4, 0.5) is 14.7 Å². The number of benzene rings is 1. The quantitative estimate of drug-likeness (QED) is 0.795. The summed E-state index contributed by atoms with van der Waals surface area (Å²) in [5, 5.41) is 2.51. The van der Waals surface area contributed by atoms with Gasteiger partial charge in [0.05, 0.1) is 6.54 Å². The van der Waals surface area contributed by atoms with Crippen LogP contribution < -0.4 is 15.0 Å². The van der Waals surface area contributed by atoms with Gasteiger partial charge >= 0.3 is 6.61 Å². The fraction of sp³-hybridized carbons (Fsp3) is 0.333. The largest absolute Gasteiger partial charge is 0.435 e. The van der Waals surface area contributed by atoms with E-state index in [0.717, 1.165) is 0 Å². The van der Waals surface area contributed by atoms with Gasteiger partial charge in [-0.05, 0) is 24.3 Å². The van der Waals surface area contributed by atoms with Gasteiger partial charge in [-0.1, -0.05) is 6.07 Å². The van der Waals surface area contributed by atoms with Crippen LogP contribution in [0.1, 0.15) is 10.4 Å². The molecule has 1 fully saturated rings. The Hall–Kier alpha value is -3.30. The minimum Gasteiger partial charge on any atom is -0.435 e. The van der Waals surface area contributed by atoms with E-state index in [2.05, 4.69) is 20.0 Å². The number of nitrogens with one attached hydrogen (secondary N) is 1. The third-order valence-corrected chi connectivity index (χ3v) is 4.19. The molecule has 1 N–H and O–H groups in total. The third kappa shape index (κ3) is 5.12. The number of anilines is 1. The summed E-state index contributed by atoms with van der Waals surface area (Å²) in [6, 6.07) is 7.14. The van der Waals surface area contributed by atoms with E-state index in [1.54, 1.807) is 23.4 Å². The number of carbonyl (C=O) groups is 2. The van der Waals surface area contributed by atoms with Gasteiger partial charge in [0, 0.05) is 44.1 Å². The minimum atomic E-state index is -2.97. The molecule has 1 aromatic carbocycles. The Bertz CT molecular complexity index is 814. The minimum absolute atomic E-state index is 0.117. The second kappa shape index (κ2) is 9.07. The molecule has 0 spiro atoms. The lowest BCUT2D eigenvalue weighted by molar-refractivity contribution is -0.130. The molecule has 2 amide bonds. The summed E-state index contributed by atoms with van der Waals surface area (Å²) in [5.41, 5.74) is 0.136. The standard InChI is InChI=1S/C18H19F2N5O3/c19-17(20)28-14-4-1-3-13(11-14)16(27)23-12-15(26)24-7-9-25(10-8-24)18-21-5-2-6-22-18/h1-6,11,17H,7-10,12H2,(H,23,27). The highest BCUT2D eigenvalue weighted by atomic mass is 19.3. The van der Waals surface area contributed by atoms with Crippen molar-refractivity contribution in [3.8, 4) is 5.75 Å². The van der Waals surface area contributed by atoms with Gasteiger partial charge in [0.1, 0.15) is 5.75 Å². The lowest BCUT2D eigenvalue weighted by Crippen LogP contribution is -2.51. The van der Waals surface area contributed by atoms with E-state index in [4.69, 9.17) is 0 Å². The zero-order valence-electron chi connectivity index (χ0n) is 14.9. The molecule has 0 aliphatic carbocycles. The predicted molar refractivity (Wildman–Crippen MR) is 96.2 cm³/mol. The number of alkyl halides is 2. The van der Waals surface area contributed by atoms with E-state index < -0.39 is 12.5 Å². The summed E-state index contributed by atoms with van der Waals surface area (Å²) in [5.74, 6) is -0.256. The zero-order chi connectivity index (χ0) is 19.9. The predicted octanol–water partition coefficient (Wildman–Crippen LogP) is 1.16. The monoisotopic (exact) mass is 391 g/mol. The van der Waals surface area contributed by atoms with E-state index >= 15 is 0 Å². The van der Waals surface area contributed by atoms with Crippen LogP contribution in [0.15, 0.2) is 42.7 Å². The summed E-state index contributed by atoms with van der Waals surface area (Å²) in [6.07, 6.45) is 3.33.